The van der Waals surface area contributed by atoms with Crippen molar-refractivity contribution >= 4 is 24.0 Å². The molecule has 1 aromatic carbocycles. The fourth-order valence-corrected chi connectivity index (χ4v) is 10.4. The topological polar surface area (TPSA) is 198 Å². The number of aromatic nitrogens is 1. The second-order valence-electron chi connectivity index (χ2n) is 18.5. The molecular formula is C45H55FN2O13. The fraction of sp³-hybridized carbons (Fsp3) is 0.578. The monoisotopic (exact) mass is 852 g/mol. The number of carbonyl (C=O) groups excluding carboxylic acids is 4. The molecule has 2 saturated carbocycles. The normalized spacial score (nSPS) is 34.9. The second kappa shape index (κ2) is 15.9. The van der Waals surface area contributed by atoms with E-state index in [1.165, 1.54) is 19.1 Å². The molecule has 2 aliphatic heterocycles. The molecule has 7 rings (SSSR count). The lowest BCUT2D eigenvalue weighted by molar-refractivity contribution is -0.345. The number of carbonyl (C=O) groups is 4. The molecule has 330 valence electrons. The van der Waals surface area contributed by atoms with Crippen LogP contribution in [0, 0.1) is 22.6 Å². The van der Waals surface area contributed by atoms with Crippen LogP contribution in [0.4, 0.5) is 9.18 Å². The molecule has 12 atom stereocenters. The molecule has 3 N–H and O–H groups in total. The summed E-state index contributed by atoms with van der Waals surface area (Å²) in [6, 6.07) is 9.00. The van der Waals surface area contributed by atoms with E-state index in [0.717, 1.165) is 12.3 Å². The average Bonchev–Trinajstić information content (AvgIpc) is 3.62. The number of nitrogens with one attached hydrogen (secondary N) is 1. The van der Waals surface area contributed by atoms with Crippen LogP contribution in [0.3, 0.4) is 0 Å². The van der Waals surface area contributed by atoms with Gasteiger partial charge < -0.3 is 48.7 Å². The van der Waals surface area contributed by atoms with Gasteiger partial charge in [-0.1, -0.05) is 45.5 Å². The van der Waals surface area contributed by atoms with Gasteiger partial charge in [0.05, 0.1) is 36.1 Å². The second-order valence-corrected chi connectivity index (χ2v) is 18.5. The fourth-order valence-electron chi connectivity index (χ4n) is 10.4. The highest BCUT2D eigenvalue weighted by molar-refractivity contribution is 5.89. The van der Waals surface area contributed by atoms with Crippen molar-refractivity contribution in [1.29, 1.82) is 1.43 Å². The van der Waals surface area contributed by atoms with Crippen molar-refractivity contribution in [2.45, 2.75) is 140 Å². The van der Waals surface area contributed by atoms with Gasteiger partial charge in [0.2, 0.25) is 1.43 Å². The average molecular weight is 853 g/mol. The first kappa shape index (κ1) is 42.9. The molecule has 1 aromatic heterocycles. The number of nitrogens with zero attached hydrogens (tertiary/aromatic N) is 1. The van der Waals surface area contributed by atoms with E-state index in [9.17, 15) is 28.7 Å². The number of benzene rings is 1. The van der Waals surface area contributed by atoms with Gasteiger partial charge in [-0.15, -0.1) is 0 Å². The van der Waals surface area contributed by atoms with Gasteiger partial charge in [0.1, 0.15) is 47.5 Å². The highest BCUT2D eigenvalue weighted by Gasteiger charge is 2.77. The van der Waals surface area contributed by atoms with Crippen LogP contribution >= 0.6 is 0 Å². The molecule has 61 heavy (non-hydrogen) atoms. The molecule has 0 radical (unpaired) electrons. The molecule has 16 heteroatoms. The highest BCUT2D eigenvalue weighted by Crippen LogP contribution is 2.66. The number of pyridine rings is 1. The summed E-state index contributed by atoms with van der Waals surface area (Å²) < 4.78 is 66.1. The van der Waals surface area contributed by atoms with Crippen molar-refractivity contribution in [2.75, 3.05) is 6.61 Å². The van der Waals surface area contributed by atoms with E-state index in [1.54, 1.807) is 71.9 Å². The molecule has 5 aliphatic rings. The molecule has 0 spiro atoms. The van der Waals surface area contributed by atoms with E-state index in [4.69, 9.17) is 39.7 Å². The maximum absolute atomic E-state index is 14.5. The minimum Gasteiger partial charge on any atom is -0.456 e. The molecule has 2 saturated heterocycles. The molecule has 4 fully saturated rings. The molecule has 15 nitrogen and oxygen atoms in total. The number of aliphatic hydroxyl groups excluding tert-OH is 1. The quantitative estimate of drug-likeness (QED) is 0.160. The van der Waals surface area contributed by atoms with E-state index in [2.05, 4.69) is 16.9 Å². The summed E-state index contributed by atoms with van der Waals surface area (Å²) in [7, 11) is 0. The molecule has 1 amide bonds. The molecule has 3 aliphatic carbocycles. The Bertz CT molecular complexity index is 2110. The Hall–Kier alpha value is -4.74. The van der Waals surface area contributed by atoms with Gasteiger partial charge in [0.25, 0.3) is 0 Å². The van der Waals surface area contributed by atoms with Crippen LogP contribution in [-0.2, 0) is 42.7 Å². The first-order valence-corrected chi connectivity index (χ1v) is 20.5. The van der Waals surface area contributed by atoms with Crippen LogP contribution in [0.2, 0.25) is 0 Å². The number of esters is 3. The number of alkyl carbamates (subject to hydrolysis) is 1. The van der Waals surface area contributed by atoms with Crippen molar-refractivity contribution in [3.8, 4) is 0 Å². The van der Waals surface area contributed by atoms with Gasteiger partial charge in [-0.25, -0.2) is 18.8 Å². The predicted octanol–water partition coefficient (Wildman–Crippen LogP) is 5.19. The van der Waals surface area contributed by atoms with Crippen LogP contribution in [0.25, 0.3) is 0 Å². The lowest BCUT2D eigenvalue weighted by Gasteiger charge is -2.68. The van der Waals surface area contributed by atoms with E-state index >= 15 is 0 Å². The Labute approximate surface area is 355 Å². The number of hydrogen-bond donors (Lipinski definition) is 3. The molecule has 2 bridgehead atoms. The van der Waals surface area contributed by atoms with Crippen LogP contribution < -0.4 is 5.32 Å². The lowest BCUT2D eigenvalue weighted by atomic mass is 9.45. The predicted molar refractivity (Wildman–Crippen MR) is 213 cm³/mol. The minimum absolute atomic E-state index is 0.0533. The summed E-state index contributed by atoms with van der Waals surface area (Å²) in [6.45, 7) is 17.3. The Kier molecular flexibility index (Phi) is 11.2. The number of fused-ring (bicyclic) bond motifs is 8. The van der Waals surface area contributed by atoms with E-state index in [1.807, 2.05) is 6.92 Å². The Morgan fingerprint density at radius 3 is 2.41 bits per heavy atom. The van der Waals surface area contributed by atoms with Gasteiger partial charge in [0.15, 0.2) is 18.0 Å². The first-order chi connectivity index (χ1) is 29.1. The summed E-state index contributed by atoms with van der Waals surface area (Å²) in [5, 5.41) is 21.3. The van der Waals surface area contributed by atoms with Gasteiger partial charge in [-0.3, -0.25) is 9.78 Å². The van der Waals surface area contributed by atoms with Crippen LogP contribution in [0.5, 0.6) is 0 Å². The molecule has 2 aromatic rings. The van der Waals surface area contributed by atoms with E-state index < -0.39 is 112 Å². The zero-order valence-electron chi connectivity index (χ0n) is 36.6. The van der Waals surface area contributed by atoms with Gasteiger partial charge >= 0.3 is 24.0 Å². The molecule has 0 unspecified atom stereocenters. The standard InChI is InChI=1S/C45H55FN2O13/c1-10-30-57-34-31-23(2)28(56-39(52)33(50)32(27-17-16-26(46)21-47-27)48-40(53)61-41(4,5)6)20-45(54,42(31,7)8)37(59-38(51)25-14-12-11-13-15-25)35-43(9,36(34)58-30)19-18-29-44(35,22-55-29)60-24(3)49/h10-17,21,28-30,32-37,50,54H,1,18-20,22H2,2-9H3,(H,48,53)/t28-,29+,30+,32-,33+,34+,35-,36+,37-,43+,44-,45+/m0/s1/i50T. The number of amides is 1. The highest BCUT2D eigenvalue weighted by atomic mass is 19.1. The summed E-state index contributed by atoms with van der Waals surface area (Å²) in [6.07, 6.45) is -6.10. The van der Waals surface area contributed by atoms with Crippen molar-refractivity contribution < 1.29 is 66.9 Å². The van der Waals surface area contributed by atoms with Gasteiger partial charge in [0, 0.05) is 24.2 Å². The van der Waals surface area contributed by atoms with Gasteiger partial charge in [-0.05, 0) is 82.0 Å². The number of hydrogen-bond acceptors (Lipinski definition) is 14. The molecule has 3 heterocycles. The number of aliphatic hydroxyl groups is 2. The van der Waals surface area contributed by atoms with Gasteiger partial charge in [-0.2, -0.15) is 0 Å². The molecular weight excluding hydrogens is 795 g/mol. The Balaban J connectivity index is 1.38. The summed E-state index contributed by atoms with van der Waals surface area (Å²) >= 11 is 0. The summed E-state index contributed by atoms with van der Waals surface area (Å²) in [5.74, 6) is -4.22. The van der Waals surface area contributed by atoms with Crippen molar-refractivity contribution in [2.24, 2.45) is 16.7 Å². The van der Waals surface area contributed by atoms with Crippen LogP contribution in [0.1, 0.15) is 96.7 Å². The SMILES string of the molecule is [3H]O[C@@H](C(=O)O[C@H]1C[C@@]2(O)[C@@H](OC(=O)c3ccccc3)[C@H]3[C@@](C)(CC[C@H]4OC[C@]43OC(C)=O)[C@@H]3O[C@H](C=C)O[C@@H]3C(=C1C)C2(C)C)[C@@H](NC(=O)OC(C)(C)C)c1ccc(F)cn1. The van der Waals surface area contributed by atoms with Crippen molar-refractivity contribution in [3.63, 3.8) is 0 Å². The maximum atomic E-state index is 14.5. The third-order valence-electron chi connectivity index (χ3n) is 13.2. The zero-order valence-corrected chi connectivity index (χ0v) is 35.6. The third-order valence-corrected chi connectivity index (χ3v) is 13.2. The largest absolute Gasteiger partial charge is 0.456 e. The third kappa shape index (κ3) is 7.64. The number of rotatable bonds is 10. The zero-order chi connectivity index (χ0) is 45.2. The number of halogens is 1. The summed E-state index contributed by atoms with van der Waals surface area (Å²) in [5.41, 5.74) is -5.74. The van der Waals surface area contributed by atoms with Crippen molar-refractivity contribution in [3.05, 3.63) is 89.5 Å². The Morgan fingerprint density at radius 1 is 1.10 bits per heavy atom. The Morgan fingerprint density at radius 2 is 1.82 bits per heavy atom. The minimum atomic E-state index is -2.13. The lowest BCUT2D eigenvalue weighted by Crippen LogP contribution is -2.79. The summed E-state index contributed by atoms with van der Waals surface area (Å²) in [4.78, 5) is 59.1. The van der Waals surface area contributed by atoms with Crippen LogP contribution in [0.15, 0.2) is 72.5 Å². The smallest absolute Gasteiger partial charge is 0.408 e. The van der Waals surface area contributed by atoms with Crippen molar-refractivity contribution in [1.82, 2.24) is 10.3 Å². The number of ether oxygens (including phenoxy) is 7. The van der Waals surface area contributed by atoms with E-state index in [-0.39, 0.29) is 24.3 Å². The van der Waals surface area contributed by atoms with E-state index in [0.29, 0.717) is 24.0 Å². The first-order valence-electron chi connectivity index (χ1n) is 20.9. The maximum Gasteiger partial charge on any atom is 0.408 e. The van der Waals surface area contributed by atoms with Crippen LogP contribution in [-0.4, -0.2) is 107 Å².